The monoisotopic (exact) mass is 457 g/mol. The molecule has 0 bridgehead atoms. The van der Waals surface area contributed by atoms with Gasteiger partial charge in [-0.3, -0.25) is 24.8 Å². The van der Waals surface area contributed by atoms with Crippen LogP contribution in [0.25, 0.3) is 0 Å². The van der Waals surface area contributed by atoms with Crippen LogP contribution < -0.4 is 14.4 Å². The number of amides is 1. The van der Waals surface area contributed by atoms with Gasteiger partial charge in [-0.25, -0.2) is 0 Å². The van der Waals surface area contributed by atoms with E-state index in [1.807, 2.05) is 37.3 Å². The summed E-state index contributed by atoms with van der Waals surface area (Å²) in [6.07, 6.45) is 3.19. The van der Waals surface area contributed by atoms with Crippen LogP contribution in [-0.4, -0.2) is 30.2 Å². The molecule has 8 heteroatoms. The Hall–Kier alpha value is -4.20. The van der Waals surface area contributed by atoms with Gasteiger partial charge < -0.3 is 9.47 Å². The van der Waals surface area contributed by atoms with E-state index in [9.17, 15) is 14.9 Å². The lowest BCUT2D eigenvalue weighted by Crippen LogP contribution is -2.37. The number of rotatable bonds is 6. The summed E-state index contributed by atoms with van der Waals surface area (Å²) in [6.45, 7) is 2.06. The van der Waals surface area contributed by atoms with Gasteiger partial charge in [0.1, 0.15) is 6.61 Å². The van der Waals surface area contributed by atoms with E-state index in [1.165, 1.54) is 13.2 Å². The molecule has 8 nitrogen and oxygen atoms in total. The number of fused-ring (bicyclic) bond motifs is 4. The maximum Gasteiger partial charge on any atom is 0.270 e. The number of ether oxygens (including phenoxy) is 2. The molecular weight excluding hydrogens is 434 g/mol. The lowest BCUT2D eigenvalue weighted by atomic mass is 10.1. The third-order valence-electron chi connectivity index (χ3n) is 6.18. The van der Waals surface area contributed by atoms with Gasteiger partial charge in [-0.05, 0) is 35.2 Å². The van der Waals surface area contributed by atoms with Crippen LogP contribution >= 0.6 is 0 Å². The van der Waals surface area contributed by atoms with Crippen molar-refractivity contribution in [3.63, 3.8) is 0 Å². The molecule has 0 saturated carbocycles. The van der Waals surface area contributed by atoms with E-state index in [2.05, 4.69) is 4.99 Å². The molecule has 0 N–H and O–H groups in total. The molecule has 3 aromatic rings. The second kappa shape index (κ2) is 8.62. The first-order valence-electron chi connectivity index (χ1n) is 11.1. The Balaban J connectivity index is 1.46. The molecular formula is C26H23N3O5. The highest BCUT2D eigenvalue weighted by atomic mass is 16.6. The maximum absolute atomic E-state index is 13.5. The number of carbonyl (C=O) groups excluding carboxylic acids is 1. The molecule has 0 saturated heterocycles. The summed E-state index contributed by atoms with van der Waals surface area (Å²) in [5.74, 6) is 0.672. The van der Waals surface area contributed by atoms with Crippen molar-refractivity contribution in [1.29, 1.82) is 0 Å². The van der Waals surface area contributed by atoms with Crippen molar-refractivity contribution >= 4 is 29.2 Å². The molecule has 2 aliphatic rings. The number of aryl methyl sites for hydroxylation is 1. The highest BCUT2D eigenvalue weighted by Crippen LogP contribution is 2.41. The number of hydrogen-bond acceptors (Lipinski definition) is 6. The number of benzene rings is 3. The van der Waals surface area contributed by atoms with Crippen LogP contribution in [0, 0.1) is 10.1 Å². The van der Waals surface area contributed by atoms with E-state index in [0.29, 0.717) is 41.2 Å². The van der Waals surface area contributed by atoms with Gasteiger partial charge in [-0.1, -0.05) is 31.2 Å². The van der Waals surface area contributed by atoms with Crippen LogP contribution in [0.4, 0.5) is 17.1 Å². The smallest absolute Gasteiger partial charge is 0.270 e. The van der Waals surface area contributed by atoms with Crippen molar-refractivity contribution in [3.8, 4) is 11.5 Å². The van der Waals surface area contributed by atoms with Gasteiger partial charge in [0.2, 0.25) is 0 Å². The molecule has 2 heterocycles. The van der Waals surface area contributed by atoms with Crippen molar-refractivity contribution < 1.29 is 19.2 Å². The van der Waals surface area contributed by atoms with E-state index >= 15 is 0 Å². The molecule has 2 aliphatic heterocycles. The Kier molecular flexibility index (Phi) is 5.49. The molecule has 0 radical (unpaired) electrons. The van der Waals surface area contributed by atoms with Crippen molar-refractivity contribution in [2.24, 2.45) is 4.99 Å². The van der Waals surface area contributed by atoms with Crippen molar-refractivity contribution in [3.05, 3.63) is 87.0 Å². The Labute approximate surface area is 196 Å². The number of nitro benzene ring substituents is 1. The summed E-state index contributed by atoms with van der Waals surface area (Å²) in [6, 6.07) is 16.0. The average Bonchev–Trinajstić information content (AvgIpc) is 3.17. The minimum Gasteiger partial charge on any atom is -0.493 e. The predicted octanol–water partition coefficient (Wildman–Crippen LogP) is 5.03. The van der Waals surface area contributed by atoms with Crippen molar-refractivity contribution in [2.75, 3.05) is 12.0 Å². The maximum atomic E-state index is 13.5. The van der Waals surface area contributed by atoms with E-state index in [4.69, 9.17) is 9.47 Å². The van der Waals surface area contributed by atoms with Crippen molar-refractivity contribution in [2.45, 2.75) is 32.4 Å². The lowest BCUT2D eigenvalue weighted by molar-refractivity contribution is -0.385. The summed E-state index contributed by atoms with van der Waals surface area (Å²) >= 11 is 0. The summed E-state index contributed by atoms with van der Waals surface area (Å²) in [5, 5.41) is 11.3. The number of para-hydroxylation sites is 1. The average molecular weight is 457 g/mol. The fourth-order valence-corrected chi connectivity index (χ4v) is 4.49. The third-order valence-corrected chi connectivity index (χ3v) is 6.18. The summed E-state index contributed by atoms with van der Waals surface area (Å²) in [4.78, 5) is 30.7. The number of nitrogens with zero attached hydrogens (tertiary/aromatic N) is 3. The quantitative estimate of drug-likeness (QED) is 0.382. The highest BCUT2D eigenvalue weighted by molar-refractivity contribution is 6.14. The molecule has 0 aliphatic carbocycles. The van der Waals surface area contributed by atoms with Crippen LogP contribution in [0.5, 0.6) is 11.5 Å². The zero-order valence-electron chi connectivity index (χ0n) is 18.9. The second-order valence-electron chi connectivity index (χ2n) is 8.28. The minimum atomic E-state index is -0.406. The summed E-state index contributed by atoms with van der Waals surface area (Å²) < 4.78 is 11.5. The van der Waals surface area contributed by atoms with Gasteiger partial charge >= 0.3 is 0 Å². The van der Waals surface area contributed by atoms with Crippen LogP contribution in [-0.2, 0) is 19.4 Å². The van der Waals surface area contributed by atoms with E-state index in [-0.39, 0.29) is 24.2 Å². The van der Waals surface area contributed by atoms with E-state index < -0.39 is 4.92 Å². The summed E-state index contributed by atoms with van der Waals surface area (Å²) in [7, 11) is 1.51. The topological polar surface area (TPSA) is 94.3 Å². The second-order valence-corrected chi connectivity index (χ2v) is 8.28. The Morgan fingerprint density at radius 1 is 1.12 bits per heavy atom. The van der Waals surface area contributed by atoms with Gasteiger partial charge in [0.15, 0.2) is 11.5 Å². The minimum absolute atomic E-state index is 0.0305. The van der Waals surface area contributed by atoms with Gasteiger partial charge in [-0.15, -0.1) is 0 Å². The zero-order valence-corrected chi connectivity index (χ0v) is 18.9. The number of non-ortho nitro benzene ring substituents is 1. The molecule has 1 unspecified atom stereocenters. The number of nitro groups is 1. The molecule has 34 heavy (non-hydrogen) atoms. The van der Waals surface area contributed by atoms with E-state index in [1.54, 1.807) is 29.3 Å². The molecule has 0 fully saturated rings. The molecule has 1 atom stereocenters. The predicted molar refractivity (Wildman–Crippen MR) is 129 cm³/mol. The third kappa shape index (κ3) is 3.77. The lowest BCUT2D eigenvalue weighted by Gasteiger charge is -2.22. The molecule has 1 amide bonds. The fraction of sp³-hybridized carbons (Fsp3) is 0.231. The number of hydrogen-bond donors (Lipinski definition) is 0. The Morgan fingerprint density at radius 2 is 1.91 bits per heavy atom. The van der Waals surface area contributed by atoms with Gasteiger partial charge in [0.05, 0.1) is 29.3 Å². The van der Waals surface area contributed by atoms with Gasteiger partial charge in [-0.2, -0.15) is 0 Å². The first-order valence-corrected chi connectivity index (χ1v) is 11.1. The zero-order chi connectivity index (χ0) is 23.8. The fourth-order valence-electron chi connectivity index (χ4n) is 4.49. The van der Waals surface area contributed by atoms with Crippen LogP contribution in [0.3, 0.4) is 0 Å². The number of carbonyl (C=O) groups is 1. The first kappa shape index (κ1) is 21.6. The first-order chi connectivity index (χ1) is 16.5. The summed E-state index contributed by atoms with van der Waals surface area (Å²) in [5.41, 5.74) is 4.52. The Bertz CT molecular complexity index is 1330. The Morgan fingerprint density at radius 3 is 2.68 bits per heavy atom. The van der Waals surface area contributed by atoms with Gasteiger partial charge in [0.25, 0.3) is 11.6 Å². The SMILES string of the molecule is CCc1cc(COc2cc3c(cc2OC)C(=O)N2c4ccccc4CC2C=N3)cc([N+](=O)[O-])c1. The number of aliphatic imine (C=N–C) groups is 1. The molecule has 0 spiro atoms. The standard InChI is InChI=1S/C26H23N3O5/c1-3-16-8-17(10-19(9-16)29(31)32)15-34-25-13-22-21(12-24(25)33-2)26(30)28-20(14-27-22)11-18-6-4-5-7-23(18)28/h4-10,12-14,20H,3,11,15H2,1-2H3. The number of anilines is 1. The molecule has 3 aromatic carbocycles. The van der Waals surface area contributed by atoms with Crippen LogP contribution in [0.1, 0.15) is 34.0 Å². The van der Waals surface area contributed by atoms with Crippen LogP contribution in [0.2, 0.25) is 0 Å². The van der Waals surface area contributed by atoms with Crippen LogP contribution in [0.15, 0.2) is 59.6 Å². The van der Waals surface area contributed by atoms with E-state index in [0.717, 1.165) is 16.8 Å². The number of methoxy groups -OCH3 is 1. The normalized spacial score (nSPS) is 15.9. The largest absolute Gasteiger partial charge is 0.493 e. The molecule has 0 aromatic heterocycles. The molecule has 5 rings (SSSR count). The van der Waals surface area contributed by atoms with Gasteiger partial charge in [0, 0.05) is 36.5 Å². The highest BCUT2D eigenvalue weighted by Gasteiger charge is 2.36. The molecule has 172 valence electrons. The van der Waals surface area contributed by atoms with Crippen molar-refractivity contribution in [1.82, 2.24) is 0 Å².